The first-order valence-electron chi connectivity index (χ1n) is 11.7. The van der Waals surface area contributed by atoms with Gasteiger partial charge in [-0.2, -0.15) is 0 Å². The zero-order valence-corrected chi connectivity index (χ0v) is 22.0. The number of carbonyl (C=O) groups is 1. The fourth-order valence-electron chi connectivity index (χ4n) is 4.44. The summed E-state index contributed by atoms with van der Waals surface area (Å²) >= 11 is 1.47. The minimum Gasteiger partial charge on any atom is -0.465 e. The minimum atomic E-state index is -3.88. The maximum absolute atomic E-state index is 13.5. The van der Waals surface area contributed by atoms with Crippen molar-refractivity contribution < 1.29 is 18.3 Å². The Kier molecular flexibility index (Phi) is 7.35. The van der Waals surface area contributed by atoms with E-state index in [9.17, 15) is 18.0 Å². The zero-order valence-electron chi connectivity index (χ0n) is 20.4. The van der Waals surface area contributed by atoms with Crippen molar-refractivity contribution in [2.75, 3.05) is 0 Å². The summed E-state index contributed by atoms with van der Waals surface area (Å²) in [6.45, 7) is 5.36. The number of H-pyrrole nitrogens is 1. The summed E-state index contributed by atoms with van der Waals surface area (Å²) in [4.78, 5) is 30.5. The fraction of sp³-hybridized carbons (Fsp3) is 0.400. The van der Waals surface area contributed by atoms with Gasteiger partial charge in [-0.3, -0.25) is 4.79 Å². The Morgan fingerprint density at radius 1 is 1.11 bits per heavy atom. The number of hydrogen-bond donors (Lipinski definition) is 4. The number of nitrogens with one attached hydrogen (secondary N) is 3. The van der Waals surface area contributed by atoms with Gasteiger partial charge < -0.3 is 15.4 Å². The molecular formula is C25H30N4O5S2. The topological polar surface area (TPSA) is 141 Å². The van der Waals surface area contributed by atoms with Gasteiger partial charge >= 0.3 is 6.09 Å². The Bertz CT molecular complexity index is 1390. The minimum absolute atomic E-state index is 0.0427. The van der Waals surface area contributed by atoms with Crippen molar-refractivity contribution in [1.82, 2.24) is 20.0 Å². The molecule has 0 spiro atoms. The monoisotopic (exact) mass is 530 g/mol. The van der Waals surface area contributed by atoms with Crippen LogP contribution >= 0.6 is 11.3 Å². The lowest BCUT2D eigenvalue weighted by Crippen LogP contribution is -2.40. The van der Waals surface area contributed by atoms with Gasteiger partial charge in [-0.05, 0) is 69.7 Å². The summed E-state index contributed by atoms with van der Waals surface area (Å²) in [6, 6.07) is 8.25. The molecule has 0 atom stereocenters. The van der Waals surface area contributed by atoms with Crippen LogP contribution in [0.15, 0.2) is 52.4 Å². The second kappa shape index (κ2) is 10.2. The van der Waals surface area contributed by atoms with E-state index in [1.54, 1.807) is 51.4 Å². The van der Waals surface area contributed by atoms with Crippen LogP contribution in [-0.4, -0.2) is 41.2 Å². The van der Waals surface area contributed by atoms with E-state index >= 15 is 0 Å². The van der Waals surface area contributed by atoms with E-state index < -0.39 is 21.7 Å². The molecule has 0 aliphatic heterocycles. The molecule has 4 rings (SSSR count). The largest absolute Gasteiger partial charge is 0.465 e. The van der Waals surface area contributed by atoms with Gasteiger partial charge in [-0.1, -0.05) is 12.1 Å². The van der Waals surface area contributed by atoms with E-state index in [1.165, 1.54) is 17.4 Å². The molecule has 1 aliphatic rings. The predicted molar refractivity (Wildman–Crippen MR) is 140 cm³/mol. The maximum Gasteiger partial charge on any atom is 0.404 e. The third kappa shape index (κ3) is 6.21. The molecule has 1 amide bonds. The highest BCUT2D eigenvalue weighted by Crippen LogP contribution is 2.40. The molecule has 0 bridgehead atoms. The Morgan fingerprint density at radius 2 is 1.81 bits per heavy atom. The molecule has 192 valence electrons. The molecule has 1 fully saturated rings. The predicted octanol–water partition coefficient (Wildman–Crippen LogP) is 4.54. The number of nitrogens with zero attached hydrogens (tertiary/aromatic N) is 1. The zero-order chi connectivity index (χ0) is 26.1. The number of rotatable bonds is 6. The number of pyridine rings is 1. The van der Waals surface area contributed by atoms with Crippen molar-refractivity contribution in [3.05, 3.63) is 58.1 Å². The van der Waals surface area contributed by atoms with E-state index in [2.05, 4.69) is 20.0 Å². The third-order valence-corrected chi connectivity index (χ3v) is 9.01. The Hall–Kier alpha value is -3.02. The summed E-state index contributed by atoms with van der Waals surface area (Å²) in [5, 5.41) is 12.4. The van der Waals surface area contributed by atoms with Crippen molar-refractivity contribution in [3.8, 4) is 21.6 Å². The van der Waals surface area contributed by atoms with Crippen LogP contribution in [0.3, 0.4) is 0 Å². The summed E-state index contributed by atoms with van der Waals surface area (Å²) in [5.74, 6) is 0.212. The van der Waals surface area contributed by atoms with Crippen LogP contribution < -0.4 is 15.6 Å². The van der Waals surface area contributed by atoms with Gasteiger partial charge in [0.1, 0.15) is 0 Å². The molecule has 2 heterocycles. The molecule has 1 aliphatic carbocycles. The molecule has 36 heavy (non-hydrogen) atoms. The van der Waals surface area contributed by atoms with Crippen LogP contribution in [0.25, 0.3) is 21.6 Å². The van der Waals surface area contributed by atoms with Crippen LogP contribution in [0, 0.1) is 0 Å². The van der Waals surface area contributed by atoms with Crippen molar-refractivity contribution in [2.45, 2.75) is 68.8 Å². The smallest absolute Gasteiger partial charge is 0.404 e. The molecule has 0 unspecified atom stereocenters. The van der Waals surface area contributed by atoms with Crippen LogP contribution in [0.5, 0.6) is 0 Å². The molecule has 9 nitrogen and oxygen atoms in total. The highest BCUT2D eigenvalue weighted by Gasteiger charge is 2.28. The molecule has 1 saturated carbocycles. The highest BCUT2D eigenvalue weighted by molar-refractivity contribution is 7.89. The summed E-state index contributed by atoms with van der Waals surface area (Å²) in [5.41, 5.74) is 1.02. The molecule has 4 N–H and O–H groups in total. The molecule has 1 aromatic carbocycles. The quantitative estimate of drug-likeness (QED) is 0.369. The van der Waals surface area contributed by atoms with Crippen LogP contribution in [-0.2, 0) is 10.0 Å². The fourth-order valence-corrected chi connectivity index (χ4v) is 7.29. The normalized spacial score (nSPS) is 18.6. The van der Waals surface area contributed by atoms with Crippen LogP contribution in [0.2, 0.25) is 0 Å². The number of amides is 1. The second-order valence-corrected chi connectivity index (χ2v) is 12.8. The van der Waals surface area contributed by atoms with Crippen molar-refractivity contribution in [1.29, 1.82) is 0 Å². The highest BCUT2D eigenvalue weighted by atomic mass is 32.2. The lowest BCUT2D eigenvalue weighted by atomic mass is 9.86. The molecule has 11 heteroatoms. The van der Waals surface area contributed by atoms with Crippen molar-refractivity contribution in [3.63, 3.8) is 0 Å². The summed E-state index contributed by atoms with van der Waals surface area (Å²) in [7, 11) is -3.88. The number of aromatic nitrogens is 2. The first-order chi connectivity index (χ1) is 16.9. The van der Waals surface area contributed by atoms with Gasteiger partial charge in [0.05, 0.1) is 14.8 Å². The average Bonchev–Trinajstić information content (AvgIpc) is 3.28. The van der Waals surface area contributed by atoms with E-state index in [0.29, 0.717) is 16.7 Å². The van der Waals surface area contributed by atoms with Gasteiger partial charge in [-0.15, -0.1) is 11.3 Å². The first-order valence-corrected chi connectivity index (χ1v) is 14.0. The van der Waals surface area contributed by atoms with E-state index in [4.69, 9.17) is 5.11 Å². The number of carboxylic acid groups (broad SMARTS) is 1. The lowest BCUT2D eigenvalue weighted by molar-refractivity contribution is 0.185. The number of hydrogen-bond acceptors (Lipinski definition) is 6. The second-order valence-electron chi connectivity index (χ2n) is 10.1. The third-order valence-electron chi connectivity index (χ3n) is 6.02. The van der Waals surface area contributed by atoms with Crippen molar-refractivity contribution >= 4 is 27.5 Å². The first kappa shape index (κ1) is 26.1. The van der Waals surface area contributed by atoms with Gasteiger partial charge in [0.25, 0.3) is 0 Å². The number of thiazole rings is 1. The van der Waals surface area contributed by atoms with Crippen LogP contribution in [0.1, 0.15) is 57.4 Å². The number of aromatic amines is 1. The summed E-state index contributed by atoms with van der Waals surface area (Å²) in [6.07, 6.45) is 5.40. The Labute approximate surface area is 214 Å². The maximum atomic E-state index is 13.5. The SMILES string of the molecule is CC(C)(C)NS(=O)(=O)c1cc(-c2ccc(=O)[nH]c2)ccc1-c1cnc(C2CCC(NC(=O)O)CC2)s1. The van der Waals surface area contributed by atoms with Crippen LogP contribution in [0.4, 0.5) is 4.79 Å². The Balaban J connectivity index is 1.68. The Morgan fingerprint density at radius 3 is 2.42 bits per heavy atom. The van der Waals surface area contributed by atoms with Gasteiger partial charge in [-0.25, -0.2) is 22.9 Å². The average molecular weight is 531 g/mol. The van der Waals surface area contributed by atoms with Crippen molar-refractivity contribution in [2.24, 2.45) is 0 Å². The molecular weight excluding hydrogens is 500 g/mol. The van der Waals surface area contributed by atoms with Gasteiger partial charge in [0.15, 0.2) is 0 Å². The van der Waals surface area contributed by atoms with E-state index in [-0.39, 0.29) is 22.4 Å². The van der Waals surface area contributed by atoms with E-state index in [0.717, 1.165) is 35.6 Å². The van der Waals surface area contributed by atoms with Gasteiger partial charge in [0.2, 0.25) is 15.6 Å². The van der Waals surface area contributed by atoms with E-state index in [1.807, 2.05) is 6.07 Å². The molecule has 3 aromatic rings. The van der Waals surface area contributed by atoms with Gasteiger partial charge in [0, 0.05) is 41.5 Å². The summed E-state index contributed by atoms with van der Waals surface area (Å²) < 4.78 is 29.7. The lowest BCUT2D eigenvalue weighted by Gasteiger charge is -2.27. The molecule has 2 aromatic heterocycles. The number of benzene rings is 1. The molecule has 0 saturated heterocycles. The standard InChI is InChI=1S/C25H30N4O5S2/c1-25(2,3)29-36(33,34)21-12-16(17-7-11-22(30)26-13-17)6-10-19(21)20-14-27-23(35-20)15-4-8-18(9-5-15)28-24(31)32/h6-7,10-15,18,28-29H,4-5,8-9H2,1-3H3,(H,26,30)(H,31,32). The molecule has 0 radical (unpaired) electrons. The number of sulfonamides is 1.